The summed E-state index contributed by atoms with van der Waals surface area (Å²) in [6, 6.07) is 8.46. The highest BCUT2D eigenvalue weighted by Crippen LogP contribution is 2.15. The molecule has 0 aliphatic rings. The van der Waals surface area contributed by atoms with Crippen LogP contribution in [0.5, 0.6) is 0 Å². The Labute approximate surface area is 101 Å². The van der Waals surface area contributed by atoms with Gasteiger partial charge in [-0.05, 0) is 30.7 Å². The quantitative estimate of drug-likeness (QED) is 0.897. The molecule has 5 heteroatoms. The zero-order valence-corrected chi connectivity index (χ0v) is 10.3. The topological polar surface area (TPSA) is 65.1 Å². The third-order valence-corrected chi connectivity index (χ3v) is 4.21. The van der Waals surface area contributed by atoms with E-state index < -0.39 is 10.0 Å². The van der Waals surface area contributed by atoms with Crippen LogP contribution in [0, 0.1) is 6.92 Å². The lowest BCUT2D eigenvalue weighted by molar-refractivity contribution is 0.587. The predicted molar refractivity (Wildman–Crippen MR) is 66.1 cm³/mol. The van der Waals surface area contributed by atoms with E-state index in [1.807, 2.05) is 6.92 Å². The Balaban J connectivity index is 2.46. The summed E-state index contributed by atoms with van der Waals surface area (Å²) in [5.74, 6) is 0. The summed E-state index contributed by atoms with van der Waals surface area (Å²) in [6.07, 6.45) is 3.05. The first-order chi connectivity index (χ1) is 8.04. The second-order valence-electron chi connectivity index (χ2n) is 3.87. The van der Waals surface area contributed by atoms with Crippen LogP contribution in [-0.4, -0.2) is 12.4 Å². The van der Waals surface area contributed by atoms with Crippen molar-refractivity contribution < 1.29 is 8.42 Å². The highest BCUT2D eigenvalue weighted by molar-refractivity contribution is 7.90. The Hall–Kier alpha value is -1.59. The summed E-state index contributed by atoms with van der Waals surface area (Å²) in [5.41, 5.74) is 7.28. The summed E-state index contributed by atoms with van der Waals surface area (Å²) in [6.45, 7) is 2.25. The van der Waals surface area contributed by atoms with Crippen molar-refractivity contribution in [3.8, 4) is 0 Å². The lowest BCUT2D eigenvalue weighted by atomic mass is 10.2. The van der Waals surface area contributed by atoms with Crippen LogP contribution >= 0.6 is 0 Å². The normalized spacial score (nSPS) is 11.6. The van der Waals surface area contributed by atoms with Crippen LogP contribution in [0.1, 0.15) is 11.1 Å². The van der Waals surface area contributed by atoms with Gasteiger partial charge >= 0.3 is 0 Å². The van der Waals surface area contributed by atoms with Gasteiger partial charge in [-0.15, -0.1) is 0 Å². The molecule has 90 valence electrons. The summed E-state index contributed by atoms with van der Waals surface area (Å²) in [7, 11) is -3.48. The Morgan fingerprint density at radius 2 is 1.82 bits per heavy atom. The molecule has 4 nitrogen and oxygen atoms in total. The molecule has 0 saturated carbocycles. The Morgan fingerprint density at radius 1 is 1.18 bits per heavy atom. The molecule has 0 fully saturated rings. The number of nitrogens with zero attached hydrogens (tertiary/aromatic N) is 1. The van der Waals surface area contributed by atoms with Gasteiger partial charge in [0.05, 0.1) is 4.90 Å². The van der Waals surface area contributed by atoms with Crippen LogP contribution in [0.15, 0.2) is 47.6 Å². The van der Waals surface area contributed by atoms with Crippen molar-refractivity contribution in [3.05, 3.63) is 53.9 Å². The molecule has 0 spiro atoms. The highest BCUT2D eigenvalue weighted by atomic mass is 32.2. The molecule has 0 aliphatic carbocycles. The summed E-state index contributed by atoms with van der Waals surface area (Å²) < 4.78 is 25.6. The maximum Gasteiger partial charge on any atom is 0.267 e. The van der Waals surface area contributed by atoms with Gasteiger partial charge in [0.2, 0.25) is 0 Å². The molecule has 0 radical (unpaired) electrons. The highest BCUT2D eigenvalue weighted by Gasteiger charge is 2.15. The molecule has 0 atom stereocenters. The Morgan fingerprint density at radius 3 is 2.35 bits per heavy atom. The van der Waals surface area contributed by atoms with E-state index >= 15 is 0 Å². The smallest absolute Gasteiger partial charge is 0.267 e. The summed E-state index contributed by atoms with van der Waals surface area (Å²) in [5, 5.41) is 0. The summed E-state index contributed by atoms with van der Waals surface area (Å²) in [4.78, 5) is 0.280. The first-order valence-electron chi connectivity index (χ1n) is 5.23. The molecular formula is C12H14N2O2S. The molecule has 1 aromatic heterocycles. The van der Waals surface area contributed by atoms with E-state index in [2.05, 4.69) is 0 Å². The lowest BCUT2D eigenvalue weighted by Crippen LogP contribution is -2.11. The molecule has 0 aliphatic heterocycles. The maximum atomic E-state index is 12.2. The fourth-order valence-electron chi connectivity index (χ4n) is 1.52. The molecule has 0 bridgehead atoms. The van der Waals surface area contributed by atoms with Crippen molar-refractivity contribution in [1.29, 1.82) is 0 Å². The average molecular weight is 250 g/mol. The van der Waals surface area contributed by atoms with E-state index in [9.17, 15) is 8.42 Å². The average Bonchev–Trinajstić information content (AvgIpc) is 2.78. The third-order valence-electron chi connectivity index (χ3n) is 2.56. The van der Waals surface area contributed by atoms with Crippen LogP contribution in [0.3, 0.4) is 0 Å². The predicted octanol–water partition coefficient (Wildman–Crippen LogP) is 1.49. The number of rotatable bonds is 3. The van der Waals surface area contributed by atoms with E-state index in [4.69, 9.17) is 5.73 Å². The summed E-state index contributed by atoms with van der Waals surface area (Å²) >= 11 is 0. The first-order valence-corrected chi connectivity index (χ1v) is 6.67. The molecule has 0 amide bonds. The van der Waals surface area contributed by atoms with E-state index in [0.717, 1.165) is 11.1 Å². The minimum atomic E-state index is -3.48. The molecule has 2 N–H and O–H groups in total. The third kappa shape index (κ3) is 2.25. The number of aryl methyl sites for hydroxylation is 1. The molecule has 0 saturated heterocycles. The van der Waals surface area contributed by atoms with Gasteiger partial charge in [-0.2, -0.15) is 0 Å². The molecule has 2 rings (SSSR count). The second kappa shape index (κ2) is 4.35. The van der Waals surface area contributed by atoms with Gasteiger partial charge < -0.3 is 5.73 Å². The van der Waals surface area contributed by atoms with E-state index in [0.29, 0.717) is 6.54 Å². The molecule has 2 aromatic rings. The molecule has 1 heterocycles. The first kappa shape index (κ1) is 11.9. The number of hydrogen-bond acceptors (Lipinski definition) is 3. The minimum Gasteiger partial charge on any atom is -0.326 e. The minimum absolute atomic E-state index is 0.280. The Bertz CT molecular complexity index is 612. The maximum absolute atomic E-state index is 12.2. The van der Waals surface area contributed by atoms with E-state index in [1.165, 1.54) is 16.4 Å². The van der Waals surface area contributed by atoms with Crippen molar-refractivity contribution in [3.63, 3.8) is 0 Å². The number of hydrogen-bond donors (Lipinski definition) is 1. The lowest BCUT2D eigenvalue weighted by Gasteiger charge is -2.05. The van der Waals surface area contributed by atoms with Gasteiger partial charge in [-0.3, -0.25) is 0 Å². The molecule has 17 heavy (non-hydrogen) atoms. The number of aromatic nitrogens is 1. The standard InChI is InChI=1S/C12H14N2O2S/c1-10-2-4-12(5-3-10)17(15,16)14-7-6-11(8-13)9-14/h2-7,9H,8,13H2,1H3. The van der Waals surface area contributed by atoms with Gasteiger partial charge in [-0.1, -0.05) is 17.7 Å². The fourth-order valence-corrected chi connectivity index (χ4v) is 2.74. The fraction of sp³-hybridized carbons (Fsp3) is 0.167. The van der Waals surface area contributed by atoms with Crippen LogP contribution in [0.25, 0.3) is 0 Å². The second-order valence-corrected chi connectivity index (χ2v) is 5.72. The zero-order chi connectivity index (χ0) is 12.5. The van der Waals surface area contributed by atoms with Crippen LogP contribution in [0.4, 0.5) is 0 Å². The van der Waals surface area contributed by atoms with Gasteiger partial charge in [0, 0.05) is 18.9 Å². The van der Waals surface area contributed by atoms with Gasteiger partial charge in [0.15, 0.2) is 0 Å². The van der Waals surface area contributed by atoms with Gasteiger partial charge in [0.25, 0.3) is 10.0 Å². The van der Waals surface area contributed by atoms with Crippen LogP contribution < -0.4 is 5.73 Å². The molecule has 1 aromatic carbocycles. The SMILES string of the molecule is Cc1ccc(S(=O)(=O)n2ccc(CN)c2)cc1. The van der Waals surface area contributed by atoms with Crippen molar-refractivity contribution in [2.75, 3.05) is 0 Å². The molecule has 0 unspecified atom stereocenters. The van der Waals surface area contributed by atoms with E-state index in [1.54, 1.807) is 30.3 Å². The van der Waals surface area contributed by atoms with E-state index in [-0.39, 0.29) is 4.90 Å². The van der Waals surface area contributed by atoms with Crippen LogP contribution in [-0.2, 0) is 16.6 Å². The van der Waals surface area contributed by atoms with Gasteiger partial charge in [-0.25, -0.2) is 12.4 Å². The van der Waals surface area contributed by atoms with Crippen LogP contribution in [0.2, 0.25) is 0 Å². The number of benzene rings is 1. The number of nitrogens with two attached hydrogens (primary N) is 1. The monoisotopic (exact) mass is 250 g/mol. The van der Waals surface area contributed by atoms with Crippen molar-refractivity contribution in [2.45, 2.75) is 18.4 Å². The Kier molecular flexibility index (Phi) is 3.04. The molecular weight excluding hydrogens is 236 g/mol. The van der Waals surface area contributed by atoms with Crippen molar-refractivity contribution >= 4 is 10.0 Å². The zero-order valence-electron chi connectivity index (χ0n) is 9.50. The van der Waals surface area contributed by atoms with Crippen molar-refractivity contribution in [1.82, 2.24) is 3.97 Å². The van der Waals surface area contributed by atoms with Crippen molar-refractivity contribution in [2.24, 2.45) is 5.73 Å². The largest absolute Gasteiger partial charge is 0.326 e. The van der Waals surface area contributed by atoms with Gasteiger partial charge in [0.1, 0.15) is 0 Å².